The molecule has 0 aliphatic rings. The van der Waals surface area contributed by atoms with Crippen LogP contribution in [0, 0.1) is 12.8 Å². The Hall–Kier alpha value is -1.02. The van der Waals surface area contributed by atoms with E-state index >= 15 is 0 Å². The number of rotatable bonds is 9. The van der Waals surface area contributed by atoms with E-state index < -0.39 is 0 Å². The first-order valence-electron chi connectivity index (χ1n) is 8.59. The molecule has 0 amide bonds. The van der Waals surface area contributed by atoms with Crippen LogP contribution in [0.15, 0.2) is 18.2 Å². The van der Waals surface area contributed by atoms with Gasteiger partial charge < -0.3 is 10.2 Å². The van der Waals surface area contributed by atoms with Gasteiger partial charge in [0.15, 0.2) is 0 Å². The number of nitrogens with zero attached hydrogens (tertiary/aromatic N) is 1. The van der Waals surface area contributed by atoms with Crippen LogP contribution in [0.3, 0.4) is 0 Å². The third-order valence-corrected chi connectivity index (χ3v) is 4.29. The van der Waals surface area contributed by atoms with E-state index in [1.807, 2.05) is 0 Å². The van der Waals surface area contributed by atoms with Crippen molar-refractivity contribution in [3.8, 4) is 0 Å². The Morgan fingerprint density at radius 2 is 1.76 bits per heavy atom. The highest BCUT2D eigenvalue weighted by atomic mass is 15.1. The van der Waals surface area contributed by atoms with Crippen LogP contribution in [-0.4, -0.2) is 19.1 Å². The molecule has 1 rings (SSSR count). The minimum Gasteiger partial charge on any atom is -0.371 e. The summed E-state index contributed by atoms with van der Waals surface area (Å²) in [7, 11) is 0. The number of anilines is 1. The Bertz CT molecular complexity index is 408. The molecule has 0 atom stereocenters. The Morgan fingerprint density at radius 1 is 1.10 bits per heavy atom. The van der Waals surface area contributed by atoms with E-state index in [1.54, 1.807) is 0 Å². The van der Waals surface area contributed by atoms with Gasteiger partial charge in [-0.25, -0.2) is 0 Å². The summed E-state index contributed by atoms with van der Waals surface area (Å²) in [4.78, 5) is 2.55. The summed E-state index contributed by atoms with van der Waals surface area (Å²) in [6.07, 6.45) is 2.52. The summed E-state index contributed by atoms with van der Waals surface area (Å²) in [5.41, 5.74) is 4.18. The molecule has 0 unspecified atom stereocenters. The quantitative estimate of drug-likeness (QED) is 0.705. The van der Waals surface area contributed by atoms with Crippen LogP contribution in [0.5, 0.6) is 0 Å². The van der Waals surface area contributed by atoms with Crippen LogP contribution in [0.1, 0.15) is 58.6 Å². The van der Waals surface area contributed by atoms with Crippen molar-refractivity contribution in [1.82, 2.24) is 5.32 Å². The normalized spacial score (nSPS) is 11.4. The standard InChI is InChI=1S/C19H34N2/c1-7-17(8-2)14-21(9-3)19-11-10-16(6)12-18(19)13-20-15(4)5/h10-12,15,17,20H,7-9,13-14H2,1-6H3. The molecule has 0 spiro atoms. The molecule has 21 heavy (non-hydrogen) atoms. The molecule has 0 aliphatic heterocycles. The fourth-order valence-electron chi connectivity index (χ4n) is 2.73. The van der Waals surface area contributed by atoms with E-state index in [4.69, 9.17) is 0 Å². The number of nitrogens with one attached hydrogen (secondary N) is 1. The minimum atomic E-state index is 0.521. The first-order valence-corrected chi connectivity index (χ1v) is 8.59. The van der Waals surface area contributed by atoms with E-state index in [1.165, 1.54) is 36.2 Å². The fourth-order valence-corrected chi connectivity index (χ4v) is 2.73. The van der Waals surface area contributed by atoms with Crippen LogP contribution >= 0.6 is 0 Å². The number of hydrogen-bond donors (Lipinski definition) is 1. The van der Waals surface area contributed by atoms with Gasteiger partial charge in [0, 0.05) is 31.4 Å². The first kappa shape index (κ1) is 18.0. The average Bonchev–Trinajstić information content (AvgIpc) is 2.47. The second kappa shape index (κ2) is 9.09. The van der Waals surface area contributed by atoms with E-state index in [0.29, 0.717) is 6.04 Å². The summed E-state index contributed by atoms with van der Waals surface area (Å²) < 4.78 is 0. The van der Waals surface area contributed by atoms with Crippen LogP contribution in [0.4, 0.5) is 5.69 Å². The molecule has 0 fully saturated rings. The van der Waals surface area contributed by atoms with Gasteiger partial charge in [0.05, 0.1) is 0 Å². The largest absolute Gasteiger partial charge is 0.371 e. The van der Waals surface area contributed by atoms with Gasteiger partial charge in [-0.3, -0.25) is 0 Å². The molecule has 0 aromatic heterocycles. The predicted octanol–water partition coefficient (Wildman–Crippen LogP) is 4.76. The average molecular weight is 290 g/mol. The van der Waals surface area contributed by atoms with Crippen LogP contribution < -0.4 is 10.2 Å². The lowest BCUT2D eigenvalue weighted by atomic mass is 10.0. The van der Waals surface area contributed by atoms with Crippen molar-refractivity contribution < 1.29 is 0 Å². The van der Waals surface area contributed by atoms with Crippen molar-refractivity contribution in [3.05, 3.63) is 29.3 Å². The molecule has 1 N–H and O–H groups in total. The van der Waals surface area contributed by atoms with Crippen molar-refractivity contribution in [2.24, 2.45) is 5.92 Å². The first-order chi connectivity index (χ1) is 10.0. The molecule has 120 valence electrons. The Balaban J connectivity index is 2.96. The lowest BCUT2D eigenvalue weighted by Crippen LogP contribution is -2.31. The SMILES string of the molecule is CCC(CC)CN(CC)c1ccc(C)cc1CNC(C)C. The van der Waals surface area contributed by atoms with Crippen molar-refractivity contribution in [2.45, 2.75) is 67.0 Å². The number of hydrogen-bond acceptors (Lipinski definition) is 2. The lowest BCUT2D eigenvalue weighted by Gasteiger charge is -2.30. The zero-order chi connectivity index (χ0) is 15.8. The minimum absolute atomic E-state index is 0.521. The summed E-state index contributed by atoms with van der Waals surface area (Å²) in [5.74, 6) is 0.789. The maximum atomic E-state index is 3.56. The second-order valence-electron chi connectivity index (χ2n) is 6.39. The molecule has 2 heteroatoms. The van der Waals surface area contributed by atoms with E-state index in [2.05, 4.69) is 70.0 Å². The van der Waals surface area contributed by atoms with Gasteiger partial charge in [-0.05, 0) is 31.4 Å². The van der Waals surface area contributed by atoms with Crippen molar-refractivity contribution in [3.63, 3.8) is 0 Å². The topological polar surface area (TPSA) is 15.3 Å². The van der Waals surface area contributed by atoms with Gasteiger partial charge in [0.1, 0.15) is 0 Å². The zero-order valence-electron chi connectivity index (χ0n) is 14.9. The second-order valence-corrected chi connectivity index (χ2v) is 6.39. The summed E-state index contributed by atoms with van der Waals surface area (Å²) in [6.45, 7) is 16.7. The maximum absolute atomic E-state index is 3.56. The monoisotopic (exact) mass is 290 g/mol. The highest BCUT2D eigenvalue weighted by molar-refractivity contribution is 5.55. The van der Waals surface area contributed by atoms with Gasteiger partial charge in [0.2, 0.25) is 0 Å². The third kappa shape index (κ3) is 5.70. The summed E-state index contributed by atoms with van der Waals surface area (Å²) >= 11 is 0. The molecule has 1 aromatic carbocycles. The molecule has 0 heterocycles. The molecular formula is C19H34N2. The van der Waals surface area contributed by atoms with Crippen LogP contribution in [-0.2, 0) is 6.54 Å². The van der Waals surface area contributed by atoms with Crippen LogP contribution in [0.25, 0.3) is 0 Å². The van der Waals surface area contributed by atoms with Gasteiger partial charge >= 0.3 is 0 Å². The van der Waals surface area contributed by atoms with E-state index in [9.17, 15) is 0 Å². The van der Waals surface area contributed by atoms with Gasteiger partial charge in [-0.1, -0.05) is 58.2 Å². The molecular weight excluding hydrogens is 256 g/mol. The van der Waals surface area contributed by atoms with E-state index in [-0.39, 0.29) is 0 Å². The summed E-state index contributed by atoms with van der Waals surface area (Å²) in [5, 5.41) is 3.56. The fraction of sp³-hybridized carbons (Fsp3) is 0.684. The molecule has 2 nitrogen and oxygen atoms in total. The van der Waals surface area contributed by atoms with Gasteiger partial charge in [0.25, 0.3) is 0 Å². The van der Waals surface area contributed by atoms with Crippen molar-refractivity contribution >= 4 is 5.69 Å². The number of benzene rings is 1. The lowest BCUT2D eigenvalue weighted by molar-refractivity contribution is 0.485. The van der Waals surface area contributed by atoms with Gasteiger partial charge in [-0.2, -0.15) is 0 Å². The Labute approximate surface area is 131 Å². The molecule has 0 aliphatic carbocycles. The third-order valence-electron chi connectivity index (χ3n) is 4.29. The smallest absolute Gasteiger partial charge is 0.0412 e. The van der Waals surface area contributed by atoms with E-state index in [0.717, 1.165) is 19.0 Å². The molecule has 0 bridgehead atoms. The highest BCUT2D eigenvalue weighted by Gasteiger charge is 2.14. The molecule has 0 saturated heterocycles. The maximum Gasteiger partial charge on any atom is 0.0412 e. The Morgan fingerprint density at radius 3 is 2.29 bits per heavy atom. The van der Waals surface area contributed by atoms with Crippen LogP contribution in [0.2, 0.25) is 0 Å². The molecule has 1 aromatic rings. The highest BCUT2D eigenvalue weighted by Crippen LogP contribution is 2.24. The van der Waals surface area contributed by atoms with Crippen molar-refractivity contribution in [2.75, 3.05) is 18.0 Å². The molecule has 0 radical (unpaired) electrons. The number of aryl methyl sites for hydroxylation is 1. The van der Waals surface area contributed by atoms with Crippen molar-refractivity contribution in [1.29, 1.82) is 0 Å². The zero-order valence-corrected chi connectivity index (χ0v) is 14.9. The predicted molar refractivity (Wildman–Crippen MR) is 95.1 cm³/mol. The Kier molecular flexibility index (Phi) is 7.81. The molecule has 0 saturated carbocycles. The summed E-state index contributed by atoms with van der Waals surface area (Å²) in [6, 6.07) is 7.40. The van der Waals surface area contributed by atoms with Gasteiger partial charge in [-0.15, -0.1) is 0 Å².